The van der Waals surface area contributed by atoms with Gasteiger partial charge in [0, 0.05) is 50.2 Å². The summed E-state index contributed by atoms with van der Waals surface area (Å²) in [7, 11) is 0. The Bertz CT molecular complexity index is 1170. The van der Waals surface area contributed by atoms with Crippen LogP contribution in [-0.2, 0) is 22.7 Å². The van der Waals surface area contributed by atoms with Crippen molar-refractivity contribution in [1.82, 2.24) is 20.4 Å². The first-order valence-corrected chi connectivity index (χ1v) is 13.0. The van der Waals surface area contributed by atoms with Crippen molar-refractivity contribution >= 4 is 17.7 Å². The standard InChI is InChI=1S/C28H32N4O4/c33-26-11-10-24(27(34)30-26)32-16-19-14-21(8-9-22(19)28(32)35)36-25-17-31(20-6-7-20)13-12-23(25)29-15-18-4-2-1-3-5-18/h1-5,8-9,14,20,23-25,29H,6-7,10-13,15-17H2,(H,30,33,34)/t23-,24?,25-/m0/s1. The van der Waals surface area contributed by atoms with Gasteiger partial charge < -0.3 is 15.0 Å². The topological polar surface area (TPSA) is 91.0 Å². The number of likely N-dealkylation sites (tertiary alicyclic amines) is 1. The second kappa shape index (κ2) is 9.67. The molecule has 36 heavy (non-hydrogen) atoms. The highest BCUT2D eigenvalue weighted by Crippen LogP contribution is 2.33. The number of ether oxygens (including phenoxy) is 1. The molecule has 1 saturated carbocycles. The zero-order chi connectivity index (χ0) is 24.6. The van der Waals surface area contributed by atoms with E-state index in [9.17, 15) is 14.4 Å². The van der Waals surface area contributed by atoms with Gasteiger partial charge in [0.25, 0.3) is 5.91 Å². The molecule has 0 aromatic heterocycles. The van der Waals surface area contributed by atoms with Gasteiger partial charge in [-0.1, -0.05) is 30.3 Å². The number of fused-ring (bicyclic) bond motifs is 1. The van der Waals surface area contributed by atoms with E-state index in [2.05, 4.69) is 39.8 Å². The van der Waals surface area contributed by atoms with Gasteiger partial charge in [0.1, 0.15) is 17.9 Å². The van der Waals surface area contributed by atoms with Gasteiger partial charge in [0.05, 0.1) is 0 Å². The average molecular weight is 489 g/mol. The molecular formula is C28H32N4O4. The molecule has 0 spiro atoms. The largest absolute Gasteiger partial charge is 0.487 e. The van der Waals surface area contributed by atoms with E-state index in [1.54, 1.807) is 4.90 Å². The Morgan fingerprint density at radius 2 is 1.83 bits per heavy atom. The first kappa shape index (κ1) is 23.2. The molecule has 3 atom stereocenters. The van der Waals surface area contributed by atoms with Gasteiger partial charge in [-0.25, -0.2) is 0 Å². The Morgan fingerprint density at radius 3 is 2.61 bits per heavy atom. The molecule has 8 heteroatoms. The second-order valence-electron chi connectivity index (χ2n) is 10.4. The molecule has 0 radical (unpaired) electrons. The van der Waals surface area contributed by atoms with Crippen LogP contribution in [0, 0.1) is 0 Å². The third kappa shape index (κ3) is 4.75. The first-order valence-electron chi connectivity index (χ1n) is 13.0. The molecule has 2 saturated heterocycles. The number of nitrogens with one attached hydrogen (secondary N) is 2. The van der Waals surface area contributed by atoms with Crippen molar-refractivity contribution in [3.05, 3.63) is 65.2 Å². The average Bonchev–Trinajstić information content (AvgIpc) is 3.68. The van der Waals surface area contributed by atoms with Crippen LogP contribution >= 0.6 is 0 Å². The molecule has 6 rings (SSSR count). The summed E-state index contributed by atoms with van der Waals surface area (Å²) in [4.78, 5) is 41.0. The Labute approximate surface area is 211 Å². The van der Waals surface area contributed by atoms with Crippen LogP contribution in [0.25, 0.3) is 0 Å². The predicted molar refractivity (Wildman–Crippen MR) is 133 cm³/mol. The van der Waals surface area contributed by atoms with E-state index in [0.29, 0.717) is 24.6 Å². The van der Waals surface area contributed by atoms with Crippen LogP contribution in [0.2, 0.25) is 0 Å². The number of amides is 3. The summed E-state index contributed by atoms with van der Waals surface area (Å²) in [5.74, 6) is -0.0790. The Balaban J connectivity index is 1.16. The second-order valence-corrected chi connectivity index (χ2v) is 10.4. The van der Waals surface area contributed by atoms with E-state index in [4.69, 9.17) is 4.74 Å². The van der Waals surface area contributed by atoms with Crippen LogP contribution in [0.4, 0.5) is 0 Å². The maximum atomic E-state index is 13.0. The highest BCUT2D eigenvalue weighted by Gasteiger charge is 2.40. The molecule has 1 unspecified atom stereocenters. The van der Waals surface area contributed by atoms with Gasteiger partial charge in [0.15, 0.2) is 0 Å². The number of nitrogens with zero attached hydrogens (tertiary/aromatic N) is 2. The fraction of sp³-hybridized carbons (Fsp3) is 0.464. The van der Waals surface area contributed by atoms with Gasteiger partial charge >= 0.3 is 0 Å². The molecule has 8 nitrogen and oxygen atoms in total. The molecule has 2 N–H and O–H groups in total. The van der Waals surface area contributed by atoms with Crippen molar-refractivity contribution in [3.8, 4) is 5.75 Å². The molecule has 1 aliphatic carbocycles. The third-order valence-electron chi connectivity index (χ3n) is 7.85. The molecule has 188 valence electrons. The summed E-state index contributed by atoms with van der Waals surface area (Å²) in [5, 5.41) is 6.08. The van der Waals surface area contributed by atoms with E-state index >= 15 is 0 Å². The number of imide groups is 1. The minimum absolute atomic E-state index is 0.00412. The summed E-state index contributed by atoms with van der Waals surface area (Å²) >= 11 is 0. The molecule has 4 aliphatic rings. The van der Waals surface area contributed by atoms with Crippen LogP contribution in [0.15, 0.2) is 48.5 Å². The third-order valence-corrected chi connectivity index (χ3v) is 7.85. The maximum absolute atomic E-state index is 13.0. The van der Waals surface area contributed by atoms with Crippen LogP contribution in [0.5, 0.6) is 5.75 Å². The van der Waals surface area contributed by atoms with Gasteiger partial charge in [-0.15, -0.1) is 0 Å². The normalized spacial score (nSPS) is 26.6. The highest BCUT2D eigenvalue weighted by molar-refractivity contribution is 6.05. The molecule has 3 aliphatic heterocycles. The predicted octanol–water partition coefficient (Wildman–Crippen LogP) is 2.22. The fourth-order valence-electron chi connectivity index (χ4n) is 5.71. The zero-order valence-electron chi connectivity index (χ0n) is 20.3. The van der Waals surface area contributed by atoms with E-state index in [-0.39, 0.29) is 30.4 Å². The van der Waals surface area contributed by atoms with Gasteiger partial charge in [0.2, 0.25) is 11.8 Å². The number of carbonyl (C=O) groups is 3. The van der Waals surface area contributed by atoms with Crippen molar-refractivity contribution in [1.29, 1.82) is 0 Å². The lowest BCUT2D eigenvalue weighted by atomic mass is 10.0. The number of carbonyl (C=O) groups excluding carboxylic acids is 3. The zero-order valence-corrected chi connectivity index (χ0v) is 20.3. The van der Waals surface area contributed by atoms with Crippen molar-refractivity contribution in [2.45, 2.75) is 69.4 Å². The number of rotatable bonds is 7. The van der Waals surface area contributed by atoms with E-state index in [1.165, 1.54) is 18.4 Å². The summed E-state index contributed by atoms with van der Waals surface area (Å²) in [6.45, 7) is 3.12. The van der Waals surface area contributed by atoms with Crippen LogP contribution in [0.1, 0.15) is 53.6 Å². The van der Waals surface area contributed by atoms with Gasteiger partial charge in [-0.05, 0) is 55.0 Å². The maximum Gasteiger partial charge on any atom is 0.255 e. The first-order chi connectivity index (χ1) is 17.5. The fourth-order valence-corrected chi connectivity index (χ4v) is 5.71. The molecule has 2 aromatic carbocycles. The summed E-state index contributed by atoms with van der Waals surface area (Å²) in [5.41, 5.74) is 2.73. The Kier molecular flexibility index (Phi) is 6.23. The van der Waals surface area contributed by atoms with Crippen LogP contribution in [0.3, 0.4) is 0 Å². The lowest BCUT2D eigenvalue weighted by Gasteiger charge is -2.39. The minimum Gasteiger partial charge on any atom is -0.487 e. The number of benzene rings is 2. The number of hydrogen-bond donors (Lipinski definition) is 2. The molecule has 0 bridgehead atoms. The summed E-state index contributed by atoms with van der Waals surface area (Å²) < 4.78 is 6.58. The number of hydrogen-bond acceptors (Lipinski definition) is 6. The lowest BCUT2D eigenvalue weighted by Crippen LogP contribution is -2.55. The molecule has 2 aromatic rings. The van der Waals surface area contributed by atoms with Crippen LogP contribution in [-0.4, -0.2) is 64.8 Å². The van der Waals surface area contributed by atoms with Gasteiger partial charge in [-0.3, -0.25) is 24.6 Å². The van der Waals surface area contributed by atoms with Crippen LogP contribution < -0.4 is 15.4 Å². The number of piperidine rings is 2. The smallest absolute Gasteiger partial charge is 0.255 e. The van der Waals surface area contributed by atoms with Crippen molar-refractivity contribution in [3.63, 3.8) is 0 Å². The summed E-state index contributed by atoms with van der Waals surface area (Å²) in [6, 6.07) is 16.4. The highest BCUT2D eigenvalue weighted by atomic mass is 16.5. The molecule has 3 amide bonds. The summed E-state index contributed by atoms with van der Waals surface area (Å²) in [6.07, 6.45) is 4.19. The van der Waals surface area contributed by atoms with E-state index in [0.717, 1.165) is 37.4 Å². The molecule has 3 fully saturated rings. The SMILES string of the molecule is O=C1CCC(N2Cc3cc(O[C@H]4CN(C5CC5)CC[C@@H]4NCc4ccccc4)ccc3C2=O)C(=O)N1. The van der Waals surface area contributed by atoms with E-state index in [1.807, 2.05) is 24.3 Å². The quantitative estimate of drug-likeness (QED) is 0.581. The Morgan fingerprint density at radius 1 is 1.00 bits per heavy atom. The minimum atomic E-state index is -0.607. The molecule has 3 heterocycles. The van der Waals surface area contributed by atoms with Crippen molar-refractivity contribution in [2.24, 2.45) is 0 Å². The lowest BCUT2D eigenvalue weighted by molar-refractivity contribution is -0.136. The van der Waals surface area contributed by atoms with E-state index < -0.39 is 11.9 Å². The van der Waals surface area contributed by atoms with Crippen molar-refractivity contribution in [2.75, 3.05) is 13.1 Å². The van der Waals surface area contributed by atoms with Crippen molar-refractivity contribution < 1.29 is 19.1 Å². The monoisotopic (exact) mass is 488 g/mol. The Hall–Kier alpha value is -3.23. The molecular weight excluding hydrogens is 456 g/mol. The van der Waals surface area contributed by atoms with Gasteiger partial charge in [-0.2, -0.15) is 0 Å².